The molecule has 2 aromatic heterocycles. The third kappa shape index (κ3) is 2.89. The van der Waals surface area contributed by atoms with Gasteiger partial charge in [-0.15, -0.1) is 0 Å². The molecule has 0 saturated carbocycles. The van der Waals surface area contributed by atoms with Crippen LogP contribution in [0.15, 0.2) is 132 Å². The molecule has 0 aliphatic heterocycles. The second kappa shape index (κ2) is 7.50. The molecular formula is C32H21NO. The molecule has 2 heterocycles. The van der Waals surface area contributed by atoms with Crippen LogP contribution in [0.2, 0.25) is 0 Å². The summed E-state index contributed by atoms with van der Waals surface area (Å²) in [6.07, 6.45) is 0. The van der Waals surface area contributed by atoms with Crippen LogP contribution < -0.4 is 0 Å². The summed E-state index contributed by atoms with van der Waals surface area (Å²) in [5, 5.41) is 2.25. The van der Waals surface area contributed by atoms with Gasteiger partial charge in [-0.2, -0.15) is 0 Å². The van der Waals surface area contributed by atoms with Crippen molar-refractivity contribution in [2.45, 2.75) is 0 Å². The van der Waals surface area contributed by atoms with E-state index in [-0.39, 0.29) is 0 Å². The SMILES string of the molecule is c1ccc(-c2cc(-c3ccccc3)cc(-n3c4ccccc4c4oc5ccccc5c43)c2)cc1. The lowest BCUT2D eigenvalue weighted by Crippen LogP contribution is -1.96. The fourth-order valence-corrected chi connectivity index (χ4v) is 5.02. The molecule has 2 heteroatoms. The van der Waals surface area contributed by atoms with Gasteiger partial charge in [0, 0.05) is 16.5 Å². The van der Waals surface area contributed by atoms with Gasteiger partial charge in [0.15, 0.2) is 5.58 Å². The Morgan fingerprint density at radius 2 is 1.03 bits per heavy atom. The summed E-state index contributed by atoms with van der Waals surface area (Å²) in [6.45, 7) is 0. The molecule has 0 saturated heterocycles. The highest BCUT2D eigenvalue weighted by Gasteiger charge is 2.19. The Labute approximate surface area is 197 Å². The Kier molecular flexibility index (Phi) is 4.18. The first-order chi connectivity index (χ1) is 16.9. The van der Waals surface area contributed by atoms with Gasteiger partial charge in [0.05, 0.1) is 5.52 Å². The summed E-state index contributed by atoms with van der Waals surface area (Å²) in [7, 11) is 0. The molecule has 0 spiro atoms. The predicted molar refractivity (Wildman–Crippen MR) is 141 cm³/mol. The zero-order valence-electron chi connectivity index (χ0n) is 18.5. The van der Waals surface area contributed by atoms with Crippen molar-refractivity contribution in [3.8, 4) is 27.9 Å². The van der Waals surface area contributed by atoms with E-state index in [9.17, 15) is 0 Å². The van der Waals surface area contributed by atoms with Crippen LogP contribution in [0.1, 0.15) is 0 Å². The van der Waals surface area contributed by atoms with Gasteiger partial charge in [0.1, 0.15) is 11.1 Å². The van der Waals surface area contributed by atoms with Gasteiger partial charge in [-0.25, -0.2) is 0 Å². The molecule has 0 bridgehead atoms. The van der Waals surface area contributed by atoms with Crippen LogP contribution in [0.3, 0.4) is 0 Å². The molecule has 7 aromatic rings. The lowest BCUT2D eigenvalue weighted by Gasteiger charge is -2.14. The minimum atomic E-state index is 0.912. The summed E-state index contributed by atoms with van der Waals surface area (Å²) >= 11 is 0. The van der Waals surface area contributed by atoms with Crippen LogP contribution in [0, 0.1) is 0 Å². The Morgan fingerprint density at radius 3 is 1.71 bits per heavy atom. The van der Waals surface area contributed by atoms with Gasteiger partial charge in [-0.1, -0.05) is 84.9 Å². The van der Waals surface area contributed by atoms with Crippen molar-refractivity contribution >= 4 is 33.0 Å². The number of nitrogens with zero attached hydrogens (tertiary/aromatic N) is 1. The number of para-hydroxylation sites is 2. The van der Waals surface area contributed by atoms with Crippen LogP contribution in [0.4, 0.5) is 0 Å². The summed E-state index contributed by atoms with van der Waals surface area (Å²) < 4.78 is 8.73. The molecule has 34 heavy (non-hydrogen) atoms. The Hall–Kier alpha value is -4.56. The first-order valence-electron chi connectivity index (χ1n) is 11.5. The van der Waals surface area contributed by atoms with E-state index in [1.165, 1.54) is 22.3 Å². The van der Waals surface area contributed by atoms with Crippen LogP contribution in [-0.2, 0) is 0 Å². The van der Waals surface area contributed by atoms with Crippen LogP contribution in [0.25, 0.3) is 60.9 Å². The first-order valence-corrected chi connectivity index (χ1v) is 11.5. The van der Waals surface area contributed by atoms with E-state index in [2.05, 4.69) is 120 Å². The van der Waals surface area contributed by atoms with Gasteiger partial charge < -0.3 is 8.98 Å². The van der Waals surface area contributed by atoms with Crippen molar-refractivity contribution in [3.05, 3.63) is 127 Å². The number of hydrogen-bond donors (Lipinski definition) is 0. The number of hydrogen-bond acceptors (Lipinski definition) is 1. The number of fused-ring (bicyclic) bond motifs is 5. The van der Waals surface area contributed by atoms with Gasteiger partial charge in [-0.05, 0) is 64.7 Å². The van der Waals surface area contributed by atoms with Crippen molar-refractivity contribution in [2.75, 3.05) is 0 Å². The molecule has 0 unspecified atom stereocenters. The molecule has 0 aliphatic rings. The van der Waals surface area contributed by atoms with Crippen molar-refractivity contribution in [1.29, 1.82) is 0 Å². The highest BCUT2D eigenvalue weighted by molar-refractivity contribution is 6.16. The van der Waals surface area contributed by atoms with Crippen LogP contribution in [0.5, 0.6) is 0 Å². The third-order valence-corrected chi connectivity index (χ3v) is 6.57. The fraction of sp³-hybridized carbons (Fsp3) is 0. The Bertz CT molecular complexity index is 1730. The van der Waals surface area contributed by atoms with Crippen LogP contribution >= 0.6 is 0 Å². The van der Waals surface area contributed by atoms with Crippen molar-refractivity contribution in [3.63, 3.8) is 0 Å². The Balaban J connectivity index is 1.61. The molecule has 0 N–H and O–H groups in total. The van der Waals surface area contributed by atoms with Crippen molar-refractivity contribution in [2.24, 2.45) is 0 Å². The molecule has 5 aromatic carbocycles. The molecule has 0 atom stereocenters. The van der Waals surface area contributed by atoms with Gasteiger partial charge in [-0.3, -0.25) is 0 Å². The van der Waals surface area contributed by atoms with Crippen LogP contribution in [-0.4, -0.2) is 4.57 Å². The van der Waals surface area contributed by atoms with E-state index in [4.69, 9.17) is 4.42 Å². The van der Waals surface area contributed by atoms with E-state index in [0.29, 0.717) is 0 Å². The monoisotopic (exact) mass is 435 g/mol. The average Bonchev–Trinajstić information content (AvgIpc) is 3.44. The molecule has 0 fully saturated rings. The van der Waals surface area contributed by atoms with Crippen molar-refractivity contribution < 1.29 is 4.42 Å². The third-order valence-electron chi connectivity index (χ3n) is 6.57. The van der Waals surface area contributed by atoms with E-state index in [1.807, 2.05) is 12.1 Å². The van der Waals surface area contributed by atoms with E-state index >= 15 is 0 Å². The van der Waals surface area contributed by atoms with Gasteiger partial charge in [0.2, 0.25) is 0 Å². The molecular weight excluding hydrogens is 414 g/mol. The lowest BCUT2D eigenvalue weighted by atomic mass is 9.98. The fourth-order valence-electron chi connectivity index (χ4n) is 5.02. The number of furan rings is 1. The molecule has 2 nitrogen and oxygen atoms in total. The van der Waals surface area contributed by atoms with Gasteiger partial charge in [0.25, 0.3) is 0 Å². The summed E-state index contributed by atoms with van der Waals surface area (Å²) in [5.41, 5.74) is 10.0. The quantitative estimate of drug-likeness (QED) is 0.271. The maximum Gasteiger partial charge on any atom is 0.161 e. The summed E-state index contributed by atoms with van der Waals surface area (Å²) in [6, 6.07) is 44.8. The molecule has 160 valence electrons. The smallest absolute Gasteiger partial charge is 0.161 e. The second-order valence-electron chi connectivity index (χ2n) is 8.63. The maximum atomic E-state index is 6.38. The number of rotatable bonds is 3. The standard InChI is InChI=1S/C32H21NO/c1-3-11-22(12-4-1)24-19-25(23-13-5-2-6-14-23)21-26(20-24)33-29-17-9-7-15-27(29)32-31(33)28-16-8-10-18-30(28)34-32/h1-21H. The first kappa shape index (κ1) is 19.0. The maximum absolute atomic E-state index is 6.38. The van der Waals surface area contributed by atoms with Crippen molar-refractivity contribution in [1.82, 2.24) is 4.57 Å². The zero-order valence-corrected chi connectivity index (χ0v) is 18.5. The number of benzene rings is 5. The molecule has 7 rings (SSSR count). The molecule has 0 amide bonds. The van der Waals surface area contributed by atoms with E-state index < -0.39 is 0 Å². The van der Waals surface area contributed by atoms with E-state index in [1.54, 1.807) is 0 Å². The predicted octanol–water partition coefficient (Wildman–Crippen LogP) is 8.86. The van der Waals surface area contributed by atoms with E-state index in [0.717, 1.165) is 38.7 Å². The topological polar surface area (TPSA) is 18.1 Å². The minimum Gasteiger partial charge on any atom is -0.454 e. The molecule has 0 radical (unpaired) electrons. The summed E-state index contributed by atoms with van der Waals surface area (Å²) in [4.78, 5) is 0. The zero-order chi connectivity index (χ0) is 22.5. The minimum absolute atomic E-state index is 0.912. The highest BCUT2D eigenvalue weighted by Crippen LogP contribution is 2.40. The normalized spacial score (nSPS) is 11.5. The number of aromatic nitrogens is 1. The van der Waals surface area contributed by atoms with Gasteiger partial charge >= 0.3 is 0 Å². The molecule has 0 aliphatic carbocycles. The summed E-state index contributed by atoms with van der Waals surface area (Å²) in [5.74, 6) is 0. The Morgan fingerprint density at radius 1 is 0.471 bits per heavy atom. The lowest BCUT2D eigenvalue weighted by molar-refractivity contribution is 0.673. The largest absolute Gasteiger partial charge is 0.454 e. The highest BCUT2D eigenvalue weighted by atomic mass is 16.3. The second-order valence-corrected chi connectivity index (χ2v) is 8.63. The average molecular weight is 436 g/mol.